The van der Waals surface area contributed by atoms with E-state index >= 15 is 0 Å². The first-order valence-electron chi connectivity index (χ1n) is 8.84. The number of carbonyl (C=O) groups is 3. The maximum absolute atomic E-state index is 12.3. The van der Waals surface area contributed by atoms with Gasteiger partial charge in [0.25, 0.3) is 11.8 Å². The Balaban J connectivity index is 1.60. The van der Waals surface area contributed by atoms with Crippen LogP contribution in [0.1, 0.15) is 12.8 Å². The number of imide groups is 1. The van der Waals surface area contributed by atoms with Gasteiger partial charge in [-0.25, -0.2) is 0 Å². The smallest absolute Gasteiger partial charge is 0.277 e. The van der Waals surface area contributed by atoms with Crippen LogP contribution in [0.15, 0.2) is 59.2 Å². The Bertz CT molecular complexity index is 879. The molecule has 28 heavy (non-hydrogen) atoms. The molecule has 3 aliphatic rings. The third-order valence-corrected chi connectivity index (χ3v) is 4.62. The molecule has 0 unspecified atom stereocenters. The van der Waals surface area contributed by atoms with Gasteiger partial charge in [0.1, 0.15) is 11.5 Å². The lowest BCUT2D eigenvalue weighted by molar-refractivity contribution is -0.136. The van der Waals surface area contributed by atoms with Crippen LogP contribution in [0.5, 0.6) is 0 Å². The summed E-state index contributed by atoms with van der Waals surface area (Å²) < 4.78 is 0. The zero-order chi connectivity index (χ0) is 20.3. The van der Waals surface area contributed by atoms with Gasteiger partial charge in [-0.2, -0.15) is 0 Å². The number of amidine groups is 1. The molecular formula is C19H22N6O3. The number of carbonyl (C=O) groups excluding carboxylic acids is 3. The van der Waals surface area contributed by atoms with E-state index in [1.165, 1.54) is 19.2 Å². The number of dihydropyridines is 1. The molecule has 5 N–H and O–H groups in total. The van der Waals surface area contributed by atoms with Crippen molar-refractivity contribution in [2.75, 3.05) is 20.1 Å². The second-order valence-corrected chi connectivity index (χ2v) is 6.56. The molecule has 146 valence electrons. The maximum Gasteiger partial charge on any atom is 0.277 e. The molecule has 0 aliphatic carbocycles. The molecule has 0 fully saturated rings. The molecule has 3 heterocycles. The zero-order valence-corrected chi connectivity index (χ0v) is 15.5. The topological polar surface area (TPSA) is 132 Å². The highest BCUT2D eigenvalue weighted by atomic mass is 16.2. The molecular weight excluding hydrogens is 360 g/mol. The Hall–Kier alpha value is -3.62. The zero-order valence-electron chi connectivity index (χ0n) is 15.5. The quantitative estimate of drug-likeness (QED) is 0.303. The fourth-order valence-corrected chi connectivity index (χ4v) is 3.21. The molecule has 0 aromatic carbocycles. The molecule has 0 atom stereocenters. The third kappa shape index (κ3) is 3.88. The summed E-state index contributed by atoms with van der Waals surface area (Å²) in [4.78, 5) is 39.3. The molecule has 0 aromatic heterocycles. The van der Waals surface area contributed by atoms with Crippen molar-refractivity contribution in [3.05, 3.63) is 59.2 Å². The monoisotopic (exact) mass is 382 g/mol. The van der Waals surface area contributed by atoms with Gasteiger partial charge in [0.15, 0.2) is 0 Å². The van der Waals surface area contributed by atoms with E-state index in [1.54, 1.807) is 29.5 Å². The van der Waals surface area contributed by atoms with Gasteiger partial charge >= 0.3 is 0 Å². The van der Waals surface area contributed by atoms with Crippen LogP contribution in [-0.4, -0.2) is 53.5 Å². The van der Waals surface area contributed by atoms with Crippen molar-refractivity contribution in [3.63, 3.8) is 0 Å². The molecule has 0 aromatic rings. The second-order valence-electron chi connectivity index (χ2n) is 6.56. The Labute approximate surface area is 162 Å². The van der Waals surface area contributed by atoms with Crippen molar-refractivity contribution in [2.45, 2.75) is 12.8 Å². The Morgan fingerprint density at radius 3 is 2.71 bits per heavy atom. The van der Waals surface area contributed by atoms with Crippen molar-refractivity contribution < 1.29 is 14.4 Å². The molecule has 3 aliphatic heterocycles. The largest absolute Gasteiger partial charge is 0.398 e. The van der Waals surface area contributed by atoms with Gasteiger partial charge in [-0.05, 0) is 37.1 Å². The summed E-state index contributed by atoms with van der Waals surface area (Å²) in [6.07, 6.45) is 11.2. The normalized spacial score (nSPS) is 18.7. The van der Waals surface area contributed by atoms with Gasteiger partial charge in [0.2, 0.25) is 5.91 Å². The number of nitrogens with one attached hydrogen (secondary N) is 3. The first-order valence-corrected chi connectivity index (χ1v) is 8.84. The lowest BCUT2D eigenvalue weighted by Gasteiger charge is -2.28. The molecule has 0 bridgehead atoms. The lowest BCUT2D eigenvalue weighted by atomic mass is 10.0. The predicted octanol–water partition coefficient (Wildman–Crippen LogP) is -0.172. The highest BCUT2D eigenvalue weighted by Gasteiger charge is 2.40. The minimum absolute atomic E-state index is 0.102. The van der Waals surface area contributed by atoms with Crippen molar-refractivity contribution in [3.8, 4) is 0 Å². The number of hydrogen-bond acceptors (Lipinski definition) is 7. The van der Waals surface area contributed by atoms with Gasteiger partial charge in [0.05, 0.1) is 6.54 Å². The van der Waals surface area contributed by atoms with E-state index in [0.29, 0.717) is 36.4 Å². The number of allylic oxidation sites excluding steroid dienone is 4. The van der Waals surface area contributed by atoms with E-state index in [4.69, 9.17) is 11.1 Å². The van der Waals surface area contributed by atoms with E-state index in [9.17, 15) is 14.4 Å². The number of nitrogens with zero attached hydrogens (tertiary/aromatic N) is 2. The number of amides is 3. The van der Waals surface area contributed by atoms with E-state index in [-0.39, 0.29) is 24.2 Å². The highest BCUT2D eigenvalue weighted by Crippen LogP contribution is 2.30. The summed E-state index contributed by atoms with van der Waals surface area (Å²) in [5, 5.41) is 13.2. The standard InChI is InChI=1S/C19H22N6O3/c1-24-18(27)13-3-2-10-25(17(13)19(24)28)11-16(26)23-15(21)5-4-14(20)12-6-8-22-9-7-12/h4-9,22H,2-3,10-11,20H2,1H3,(H2,21,23,26). The van der Waals surface area contributed by atoms with Gasteiger partial charge in [-0.3, -0.25) is 24.7 Å². The molecule has 0 saturated heterocycles. The van der Waals surface area contributed by atoms with Crippen LogP contribution < -0.4 is 16.4 Å². The predicted molar refractivity (Wildman–Crippen MR) is 103 cm³/mol. The molecule has 3 rings (SSSR count). The molecule has 0 radical (unpaired) electrons. The van der Waals surface area contributed by atoms with Crippen LogP contribution in [-0.2, 0) is 14.4 Å². The Morgan fingerprint density at radius 2 is 2.00 bits per heavy atom. The van der Waals surface area contributed by atoms with E-state index in [2.05, 4.69) is 10.6 Å². The van der Waals surface area contributed by atoms with Gasteiger partial charge in [0, 0.05) is 42.8 Å². The molecule has 0 saturated carbocycles. The van der Waals surface area contributed by atoms with Crippen LogP contribution in [0.25, 0.3) is 0 Å². The average Bonchev–Trinajstić information content (AvgIpc) is 2.91. The van der Waals surface area contributed by atoms with E-state index in [1.807, 2.05) is 0 Å². The summed E-state index contributed by atoms with van der Waals surface area (Å²) >= 11 is 0. The summed E-state index contributed by atoms with van der Waals surface area (Å²) in [7, 11) is 1.44. The van der Waals surface area contributed by atoms with Crippen molar-refractivity contribution >= 4 is 23.6 Å². The van der Waals surface area contributed by atoms with Crippen LogP contribution in [0, 0.1) is 5.41 Å². The molecule has 3 amide bonds. The van der Waals surface area contributed by atoms with E-state index in [0.717, 1.165) is 10.5 Å². The third-order valence-electron chi connectivity index (χ3n) is 4.62. The van der Waals surface area contributed by atoms with E-state index < -0.39 is 5.91 Å². The first kappa shape index (κ1) is 19.2. The van der Waals surface area contributed by atoms with Crippen LogP contribution in [0.2, 0.25) is 0 Å². The summed E-state index contributed by atoms with van der Waals surface area (Å²) in [6, 6.07) is 0. The van der Waals surface area contributed by atoms with Gasteiger partial charge in [-0.1, -0.05) is 0 Å². The number of likely N-dealkylation sites (N-methyl/N-ethyl adjacent to an activating group) is 1. The van der Waals surface area contributed by atoms with Crippen LogP contribution >= 0.6 is 0 Å². The van der Waals surface area contributed by atoms with Gasteiger partial charge in [-0.15, -0.1) is 0 Å². The van der Waals surface area contributed by atoms with Crippen molar-refractivity contribution in [1.29, 1.82) is 5.41 Å². The summed E-state index contributed by atoms with van der Waals surface area (Å²) in [6.45, 7) is 0.406. The lowest BCUT2D eigenvalue weighted by Crippen LogP contribution is -2.42. The molecule has 0 spiro atoms. The highest BCUT2D eigenvalue weighted by molar-refractivity contribution is 6.19. The number of hydrogen-bond donors (Lipinski definition) is 4. The molecule has 9 heteroatoms. The Morgan fingerprint density at radius 1 is 1.29 bits per heavy atom. The SMILES string of the molecule is CN1C(=O)C2=C(C1=O)N(CC(=O)NC(=N)C=CC(N)=C1C=CNC=C1)CCC2. The second kappa shape index (κ2) is 7.95. The van der Waals surface area contributed by atoms with Crippen LogP contribution in [0.3, 0.4) is 0 Å². The summed E-state index contributed by atoms with van der Waals surface area (Å²) in [5.74, 6) is -1.24. The number of rotatable bonds is 4. The van der Waals surface area contributed by atoms with Gasteiger partial charge < -0.3 is 21.3 Å². The summed E-state index contributed by atoms with van der Waals surface area (Å²) in [5.41, 5.74) is 7.95. The number of nitrogens with two attached hydrogens (primary N) is 1. The van der Waals surface area contributed by atoms with Crippen molar-refractivity contribution in [1.82, 2.24) is 20.4 Å². The van der Waals surface area contributed by atoms with Crippen molar-refractivity contribution in [2.24, 2.45) is 5.73 Å². The average molecular weight is 382 g/mol. The first-order chi connectivity index (χ1) is 13.4. The minimum Gasteiger partial charge on any atom is -0.398 e. The maximum atomic E-state index is 12.3. The minimum atomic E-state index is -0.439. The molecule has 9 nitrogen and oxygen atoms in total. The van der Waals surface area contributed by atoms with Crippen LogP contribution in [0.4, 0.5) is 0 Å². The fourth-order valence-electron chi connectivity index (χ4n) is 3.21. The fraction of sp³-hybridized carbons (Fsp3) is 0.263. The Kier molecular flexibility index (Phi) is 5.44.